The first-order chi connectivity index (χ1) is 16.9. The van der Waals surface area contributed by atoms with Crippen LogP contribution in [0.15, 0.2) is 49.2 Å². The maximum Gasteiger partial charge on any atom is 0.245 e. The molecule has 2 fully saturated rings. The molecule has 1 spiro atoms. The summed E-state index contributed by atoms with van der Waals surface area (Å²) in [5.41, 5.74) is 6.69. The van der Waals surface area contributed by atoms with Gasteiger partial charge in [0.1, 0.15) is 17.5 Å². The predicted octanol–water partition coefficient (Wildman–Crippen LogP) is 4.49. The molecule has 7 heteroatoms. The molecule has 4 aromatic rings. The first-order valence-electron chi connectivity index (χ1n) is 11.9. The Morgan fingerprint density at radius 3 is 2.77 bits per heavy atom. The third kappa shape index (κ3) is 3.13. The number of benzene rings is 2. The molecule has 0 atom stereocenters. The molecule has 6 rings (SSSR count). The molecular weight excluding hydrogens is 436 g/mol. The van der Waals surface area contributed by atoms with Gasteiger partial charge in [0.05, 0.1) is 17.2 Å². The monoisotopic (exact) mass is 462 g/mol. The molecular formula is C28H26N6O. The van der Waals surface area contributed by atoms with Crippen LogP contribution in [0.3, 0.4) is 0 Å². The van der Waals surface area contributed by atoms with Crippen LogP contribution in [0.25, 0.3) is 32.9 Å². The van der Waals surface area contributed by atoms with E-state index in [2.05, 4.69) is 47.7 Å². The number of carbonyl (C=O) groups is 1. The summed E-state index contributed by atoms with van der Waals surface area (Å²) < 4.78 is 0. The number of amides is 1. The van der Waals surface area contributed by atoms with Crippen molar-refractivity contribution in [1.29, 1.82) is 5.26 Å². The minimum Gasteiger partial charge on any atom is -0.355 e. The molecule has 2 saturated heterocycles. The third-order valence-electron chi connectivity index (χ3n) is 7.78. The molecule has 1 N–H and O–H groups in total. The minimum absolute atomic E-state index is 0.0167. The number of fused-ring (bicyclic) bond motifs is 2. The lowest BCUT2D eigenvalue weighted by Crippen LogP contribution is -2.59. The number of hydrogen-bond acceptors (Lipinski definition) is 5. The van der Waals surface area contributed by atoms with Gasteiger partial charge in [-0.3, -0.25) is 9.89 Å². The van der Waals surface area contributed by atoms with Gasteiger partial charge in [0.15, 0.2) is 0 Å². The lowest BCUT2D eigenvalue weighted by atomic mass is 9.79. The van der Waals surface area contributed by atoms with Gasteiger partial charge in [-0.1, -0.05) is 24.8 Å². The number of likely N-dealkylation sites (tertiary alicyclic amines) is 1. The average Bonchev–Trinajstić information content (AvgIpc) is 3.50. The van der Waals surface area contributed by atoms with Crippen molar-refractivity contribution >= 4 is 33.5 Å². The SMILES string of the molecule is C=CC(=O)N1CC2(CCN(c3nc4ccccc4c(-c4c(C)c(C)cc5[nH]ncc45)c3C#N)C2)C1. The molecule has 0 aliphatic carbocycles. The molecule has 1 amide bonds. The Kier molecular flexibility index (Phi) is 4.68. The minimum atomic E-state index is -0.0167. The number of rotatable bonds is 3. The normalized spacial score (nSPS) is 16.6. The van der Waals surface area contributed by atoms with E-state index in [4.69, 9.17) is 4.98 Å². The summed E-state index contributed by atoms with van der Waals surface area (Å²) in [5.74, 6) is 0.709. The molecule has 7 nitrogen and oxygen atoms in total. The number of pyridine rings is 1. The van der Waals surface area contributed by atoms with E-state index in [1.807, 2.05) is 35.4 Å². The van der Waals surface area contributed by atoms with Crippen LogP contribution in [0, 0.1) is 30.6 Å². The predicted molar refractivity (Wildman–Crippen MR) is 137 cm³/mol. The summed E-state index contributed by atoms with van der Waals surface area (Å²) >= 11 is 0. The molecule has 2 aromatic heterocycles. The number of nitrogens with zero attached hydrogens (tertiary/aromatic N) is 5. The van der Waals surface area contributed by atoms with Gasteiger partial charge >= 0.3 is 0 Å². The highest BCUT2D eigenvalue weighted by Crippen LogP contribution is 2.45. The second-order valence-electron chi connectivity index (χ2n) is 9.91. The lowest BCUT2D eigenvalue weighted by molar-refractivity contribution is -0.136. The largest absolute Gasteiger partial charge is 0.355 e. The van der Waals surface area contributed by atoms with Gasteiger partial charge in [0, 0.05) is 47.9 Å². The maximum atomic E-state index is 12.0. The summed E-state index contributed by atoms with van der Waals surface area (Å²) in [7, 11) is 0. The first-order valence-corrected chi connectivity index (χ1v) is 11.9. The van der Waals surface area contributed by atoms with Crippen molar-refractivity contribution in [3.05, 3.63) is 65.9 Å². The van der Waals surface area contributed by atoms with Gasteiger partial charge in [-0.05, 0) is 55.2 Å². The zero-order chi connectivity index (χ0) is 24.3. The van der Waals surface area contributed by atoms with Gasteiger partial charge in [-0.2, -0.15) is 10.4 Å². The fraction of sp³-hybridized carbons (Fsp3) is 0.286. The maximum absolute atomic E-state index is 12.0. The molecule has 4 heterocycles. The molecule has 174 valence electrons. The van der Waals surface area contributed by atoms with Crippen molar-refractivity contribution in [3.8, 4) is 17.2 Å². The van der Waals surface area contributed by atoms with Crippen LogP contribution >= 0.6 is 0 Å². The Morgan fingerprint density at radius 2 is 2.00 bits per heavy atom. The summed E-state index contributed by atoms with van der Waals surface area (Å²) in [6.45, 7) is 10.8. The van der Waals surface area contributed by atoms with E-state index in [1.165, 1.54) is 6.08 Å². The smallest absolute Gasteiger partial charge is 0.245 e. The number of para-hydroxylation sites is 1. The zero-order valence-electron chi connectivity index (χ0n) is 19.9. The van der Waals surface area contributed by atoms with E-state index in [9.17, 15) is 10.1 Å². The molecule has 0 saturated carbocycles. The Hall–Kier alpha value is -4.18. The van der Waals surface area contributed by atoms with E-state index >= 15 is 0 Å². The number of anilines is 1. The summed E-state index contributed by atoms with van der Waals surface area (Å²) in [6, 6.07) is 12.7. The van der Waals surface area contributed by atoms with Gasteiger partial charge in [-0.15, -0.1) is 0 Å². The van der Waals surface area contributed by atoms with Gasteiger partial charge < -0.3 is 9.80 Å². The number of H-pyrrole nitrogens is 1. The van der Waals surface area contributed by atoms with Crippen molar-refractivity contribution in [2.45, 2.75) is 20.3 Å². The Morgan fingerprint density at radius 1 is 1.20 bits per heavy atom. The van der Waals surface area contributed by atoms with Crippen LogP contribution in [0.1, 0.15) is 23.1 Å². The van der Waals surface area contributed by atoms with Crippen molar-refractivity contribution in [3.63, 3.8) is 0 Å². The fourth-order valence-corrected chi connectivity index (χ4v) is 5.87. The Bertz CT molecular complexity index is 1570. The molecule has 0 bridgehead atoms. The second-order valence-corrected chi connectivity index (χ2v) is 9.91. The fourth-order valence-electron chi connectivity index (χ4n) is 5.87. The van der Waals surface area contributed by atoms with Gasteiger partial charge in [0.25, 0.3) is 0 Å². The van der Waals surface area contributed by atoms with E-state index in [-0.39, 0.29) is 11.3 Å². The summed E-state index contributed by atoms with van der Waals surface area (Å²) in [6.07, 6.45) is 4.20. The third-order valence-corrected chi connectivity index (χ3v) is 7.78. The molecule has 35 heavy (non-hydrogen) atoms. The standard InChI is InChI=1S/C28H26N6O/c1-4-24(35)34-15-28(16-34)9-10-33(14-28)27-20(12-29)26(19-7-5-6-8-22(19)31-27)25-18(3)17(2)11-23-21(25)13-30-32-23/h4-8,11,13H,1,9-10,14-16H2,2-3H3,(H,30,32). The van der Waals surface area contributed by atoms with Crippen LogP contribution < -0.4 is 4.90 Å². The van der Waals surface area contributed by atoms with Crippen LogP contribution in [-0.4, -0.2) is 52.2 Å². The number of aromatic nitrogens is 3. The van der Waals surface area contributed by atoms with Crippen molar-refractivity contribution < 1.29 is 4.79 Å². The van der Waals surface area contributed by atoms with Gasteiger partial charge in [0.2, 0.25) is 5.91 Å². The number of aromatic amines is 1. The molecule has 2 aromatic carbocycles. The number of carbonyl (C=O) groups excluding carboxylic acids is 1. The zero-order valence-corrected chi connectivity index (χ0v) is 19.9. The van der Waals surface area contributed by atoms with E-state index in [0.717, 1.165) is 82.5 Å². The average molecular weight is 463 g/mol. The van der Waals surface area contributed by atoms with Crippen LogP contribution in [-0.2, 0) is 4.79 Å². The molecule has 2 aliphatic heterocycles. The van der Waals surface area contributed by atoms with E-state index in [0.29, 0.717) is 5.56 Å². The number of aryl methyl sites for hydroxylation is 1. The molecule has 0 radical (unpaired) electrons. The van der Waals surface area contributed by atoms with Crippen molar-refractivity contribution in [2.24, 2.45) is 5.41 Å². The highest BCUT2D eigenvalue weighted by atomic mass is 16.2. The van der Waals surface area contributed by atoms with E-state index in [1.54, 1.807) is 0 Å². The first kappa shape index (κ1) is 21.4. The summed E-state index contributed by atoms with van der Waals surface area (Å²) in [5, 5.41) is 19.9. The second kappa shape index (κ2) is 7.67. The van der Waals surface area contributed by atoms with E-state index < -0.39 is 0 Å². The topological polar surface area (TPSA) is 88.9 Å². The van der Waals surface area contributed by atoms with Crippen LogP contribution in [0.4, 0.5) is 5.82 Å². The summed E-state index contributed by atoms with van der Waals surface area (Å²) in [4.78, 5) is 21.1. The number of nitriles is 1. The Balaban J connectivity index is 1.53. The Labute approximate surface area is 203 Å². The quantitative estimate of drug-likeness (QED) is 0.453. The lowest BCUT2D eigenvalue weighted by Gasteiger charge is -2.47. The van der Waals surface area contributed by atoms with Crippen molar-refractivity contribution in [1.82, 2.24) is 20.1 Å². The van der Waals surface area contributed by atoms with Crippen LogP contribution in [0.2, 0.25) is 0 Å². The number of nitrogens with one attached hydrogen (secondary N) is 1. The number of hydrogen-bond donors (Lipinski definition) is 1. The van der Waals surface area contributed by atoms with Gasteiger partial charge in [-0.25, -0.2) is 4.98 Å². The highest BCUT2D eigenvalue weighted by molar-refractivity contribution is 6.08. The molecule has 0 unspecified atom stereocenters. The highest BCUT2D eigenvalue weighted by Gasteiger charge is 2.49. The van der Waals surface area contributed by atoms with Crippen LogP contribution in [0.5, 0.6) is 0 Å². The molecule has 2 aliphatic rings. The van der Waals surface area contributed by atoms with Crippen molar-refractivity contribution in [2.75, 3.05) is 31.1 Å².